The van der Waals surface area contributed by atoms with Crippen LogP contribution in [0, 0.1) is 0 Å². The van der Waals surface area contributed by atoms with E-state index < -0.39 is 0 Å². The summed E-state index contributed by atoms with van der Waals surface area (Å²) in [7, 11) is 1.55. The highest BCUT2D eigenvalue weighted by molar-refractivity contribution is 7.21. The smallest absolute Gasteiger partial charge is 0.231 e. The summed E-state index contributed by atoms with van der Waals surface area (Å²) in [4.78, 5) is 11.5. The van der Waals surface area contributed by atoms with Crippen LogP contribution in [0.2, 0.25) is 0 Å². The molecule has 0 saturated carbocycles. The Morgan fingerprint density at radius 3 is 2.81 bits per heavy atom. The number of carbonyl (C=O) groups excluding carboxylic acids is 1. The average molecular weight is 236 g/mol. The van der Waals surface area contributed by atoms with Crippen molar-refractivity contribution >= 4 is 27.7 Å². The highest BCUT2D eigenvalue weighted by Gasteiger charge is 2.19. The Morgan fingerprint density at radius 1 is 1.38 bits per heavy atom. The summed E-state index contributed by atoms with van der Waals surface area (Å²) in [5.41, 5.74) is 0. The Labute approximate surface area is 95.3 Å². The Balaban J connectivity index is 2.32. The van der Waals surface area contributed by atoms with Crippen LogP contribution in [0.25, 0.3) is 10.1 Å². The lowest BCUT2D eigenvalue weighted by molar-refractivity contribution is 0.112. The van der Waals surface area contributed by atoms with Gasteiger partial charge in [0.05, 0.1) is 7.11 Å². The van der Waals surface area contributed by atoms with Gasteiger partial charge in [-0.1, -0.05) is 0 Å². The van der Waals surface area contributed by atoms with Gasteiger partial charge in [-0.25, -0.2) is 0 Å². The van der Waals surface area contributed by atoms with Crippen LogP contribution < -0.4 is 14.2 Å². The van der Waals surface area contributed by atoms with E-state index in [-0.39, 0.29) is 6.79 Å². The molecule has 0 bridgehead atoms. The SMILES string of the molecule is COc1c(C=O)sc2cc3c(cc12)OCO3. The predicted octanol–water partition coefficient (Wildman–Crippen LogP) is 2.45. The highest BCUT2D eigenvalue weighted by Crippen LogP contribution is 2.44. The molecule has 2 heterocycles. The van der Waals surface area contributed by atoms with E-state index in [0.29, 0.717) is 22.1 Å². The fourth-order valence-corrected chi connectivity index (χ4v) is 2.77. The van der Waals surface area contributed by atoms with Crippen molar-refractivity contribution in [3.05, 3.63) is 17.0 Å². The number of thiophene rings is 1. The molecule has 1 aliphatic rings. The maximum Gasteiger partial charge on any atom is 0.231 e. The first-order valence-electron chi connectivity index (χ1n) is 4.69. The topological polar surface area (TPSA) is 44.8 Å². The first-order valence-corrected chi connectivity index (χ1v) is 5.50. The zero-order valence-corrected chi connectivity index (χ0v) is 9.30. The molecular formula is C11H8O4S. The van der Waals surface area contributed by atoms with E-state index in [4.69, 9.17) is 14.2 Å². The molecule has 0 N–H and O–H groups in total. The van der Waals surface area contributed by atoms with Crippen molar-refractivity contribution in [1.29, 1.82) is 0 Å². The van der Waals surface area contributed by atoms with Gasteiger partial charge in [-0.2, -0.15) is 0 Å². The van der Waals surface area contributed by atoms with E-state index >= 15 is 0 Å². The molecule has 3 rings (SSSR count). The molecule has 4 nitrogen and oxygen atoms in total. The Hall–Kier alpha value is -1.75. The van der Waals surface area contributed by atoms with Crippen LogP contribution >= 0.6 is 11.3 Å². The molecule has 0 amide bonds. The second kappa shape index (κ2) is 3.38. The van der Waals surface area contributed by atoms with E-state index in [1.54, 1.807) is 7.11 Å². The Morgan fingerprint density at radius 2 is 2.12 bits per heavy atom. The summed E-state index contributed by atoms with van der Waals surface area (Å²) >= 11 is 1.39. The number of ether oxygens (including phenoxy) is 3. The van der Waals surface area contributed by atoms with Crippen LogP contribution in [0.3, 0.4) is 0 Å². The standard InChI is InChI=1S/C11H8O4S/c1-13-11-6-2-7-8(15-5-14-7)3-9(6)16-10(11)4-12/h2-4H,5H2,1H3. The second-order valence-corrected chi connectivity index (χ2v) is 4.40. The number of methoxy groups -OCH3 is 1. The van der Waals surface area contributed by atoms with Crippen LogP contribution in [0.5, 0.6) is 17.2 Å². The van der Waals surface area contributed by atoms with Gasteiger partial charge in [0.25, 0.3) is 0 Å². The van der Waals surface area contributed by atoms with Gasteiger partial charge in [0.1, 0.15) is 10.6 Å². The van der Waals surface area contributed by atoms with Gasteiger partial charge in [-0.05, 0) is 6.07 Å². The Bertz CT molecular complexity index is 573. The fraction of sp³-hybridized carbons (Fsp3) is 0.182. The Kier molecular flexibility index (Phi) is 2.00. The maximum atomic E-state index is 10.9. The zero-order valence-electron chi connectivity index (χ0n) is 8.48. The van der Waals surface area contributed by atoms with Crippen molar-refractivity contribution in [2.45, 2.75) is 0 Å². The van der Waals surface area contributed by atoms with Crippen LogP contribution in [0.4, 0.5) is 0 Å². The summed E-state index contributed by atoms with van der Waals surface area (Å²) in [6.45, 7) is 0.245. The van der Waals surface area contributed by atoms with Gasteiger partial charge in [-0.15, -0.1) is 11.3 Å². The summed E-state index contributed by atoms with van der Waals surface area (Å²) < 4.78 is 16.8. The molecule has 0 aliphatic carbocycles. The molecule has 0 fully saturated rings. The lowest BCUT2D eigenvalue weighted by Gasteiger charge is -1.99. The molecule has 0 atom stereocenters. The fourth-order valence-electron chi connectivity index (χ4n) is 1.77. The molecule has 1 aliphatic heterocycles. The average Bonchev–Trinajstić information content (AvgIpc) is 2.87. The predicted molar refractivity (Wildman–Crippen MR) is 59.9 cm³/mol. The molecule has 0 spiro atoms. The minimum absolute atomic E-state index is 0.245. The molecule has 2 aromatic rings. The van der Waals surface area contributed by atoms with E-state index in [1.807, 2.05) is 12.1 Å². The summed E-state index contributed by atoms with van der Waals surface area (Å²) in [5, 5.41) is 0.888. The number of aldehydes is 1. The van der Waals surface area contributed by atoms with E-state index in [9.17, 15) is 4.79 Å². The zero-order chi connectivity index (χ0) is 11.1. The third-order valence-electron chi connectivity index (χ3n) is 2.47. The molecular weight excluding hydrogens is 228 g/mol. The number of rotatable bonds is 2. The molecule has 16 heavy (non-hydrogen) atoms. The second-order valence-electron chi connectivity index (χ2n) is 3.32. The van der Waals surface area contributed by atoms with Gasteiger partial charge in [-0.3, -0.25) is 4.79 Å². The van der Waals surface area contributed by atoms with Crippen molar-refractivity contribution < 1.29 is 19.0 Å². The van der Waals surface area contributed by atoms with Crippen molar-refractivity contribution in [2.75, 3.05) is 13.9 Å². The third-order valence-corrected chi connectivity index (χ3v) is 3.53. The number of carbonyl (C=O) groups is 1. The molecule has 1 aromatic heterocycles. The molecule has 0 radical (unpaired) electrons. The molecule has 1 aromatic carbocycles. The number of hydrogen-bond donors (Lipinski definition) is 0. The van der Waals surface area contributed by atoms with E-state index in [0.717, 1.165) is 16.4 Å². The summed E-state index contributed by atoms with van der Waals surface area (Å²) in [6, 6.07) is 3.72. The van der Waals surface area contributed by atoms with Crippen molar-refractivity contribution in [3.8, 4) is 17.2 Å². The maximum absolute atomic E-state index is 10.9. The van der Waals surface area contributed by atoms with E-state index in [2.05, 4.69) is 0 Å². The van der Waals surface area contributed by atoms with Crippen molar-refractivity contribution in [3.63, 3.8) is 0 Å². The van der Waals surface area contributed by atoms with Gasteiger partial charge in [0.2, 0.25) is 6.79 Å². The monoisotopic (exact) mass is 236 g/mol. The van der Waals surface area contributed by atoms with Crippen LogP contribution in [-0.4, -0.2) is 20.2 Å². The lowest BCUT2D eigenvalue weighted by Crippen LogP contribution is -1.92. The van der Waals surface area contributed by atoms with Crippen LogP contribution in [0.1, 0.15) is 9.67 Å². The number of hydrogen-bond acceptors (Lipinski definition) is 5. The van der Waals surface area contributed by atoms with Crippen LogP contribution in [-0.2, 0) is 0 Å². The quantitative estimate of drug-likeness (QED) is 0.751. The highest BCUT2D eigenvalue weighted by atomic mass is 32.1. The van der Waals surface area contributed by atoms with E-state index in [1.165, 1.54) is 11.3 Å². The molecule has 0 saturated heterocycles. The largest absolute Gasteiger partial charge is 0.494 e. The third kappa shape index (κ3) is 1.18. The van der Waals surface area contributed by atoms with Gasteiger partial charge < -0.3 is 14.2 Å². The molecule has 82 valence electrons. The van der Waals surface area contributed by atoms with Crippen molar-refractivity contribution in [2.24, 2.45) is 0 Å². The minimum atomic E-state index is 0.245. The number of benzene rings is 1. The van der Waals surface area contributed by atoms with Gasteiger partial charge in [0.15, 0.2) is 17.8 Å². The number of fused-ring (bicyclic) bond motifs is 2. The molecule has 5 heteroatoms. The molecule has 0 unspecified atom stereocenters. The first-order chi connectivity index (χ1) is 7.83. The summed E-state index contributed by atoms with van der Waals surface area (Å²) in [5.74, 6) is 2.02. The normalized spacial score (nSPS) is 13.1. The van der Waals surface area contributed by atoms with Crippen molar-refractivity contribution in [1.82, 2.24) is 0 Å². The van der Waals surface area contributed by atoms with Gasteiger partial charge >= 0.3 is 0 Å². The lowest BCUT2D eigenvalue weighted by atomic mass is 10.2. The van der Waals surface area contributed by atoms with Gasteiger partial charge in [0, 0.05) is 16.2 Å². The minimum Gasteiger partial charge on any atom is -0.494 e. The first kappa shape index (κ1) is 9.47. The summed E-state index contributed by atoms with van der Waals surface area (Å²) in [6.07, 6.45) is 0.802. The van der Waals surface area contributed by atoms with Crippen LogP contribution in [0.15, 0.2) is 12.1 Å².